The molecule has 0 radical (unpaired) electrons. The van der Waals surface area contributed by atoms with Crippen LogP contribution in [0.5, 0.6) is 0 Å². The van der Waals surface area contributed by atoms with Gasteiger partial charge in [0.25, 0.3) is 5.91 Å². The monoisotopic (exact) mass is 250 g/mol. The van der Waals surface area contributed by atoms with E-state index in [4.69, 9.17) is 10.8 Å². The molecule has 1 unspecified atom stereocenters. The first-order chi connectivity index (χ1) is 8.50. The average Bonchev–Trinajstić information content (AvgIpc) is 2.33. The van der Waals surface area contributed by atoms with Crippen molar-refractivity contribution in [3.63, 3.8) is 0 Å². The van der Waals surface area contributed by atoms with Gasteiger partial charge in [-0.05, 0) is 31.0 Å². The second-order valence-electron chi connectivity index (χ2n) is 4.26. The summed E-state index contributed by atoms with van der Waals surface area (Å²) < 4.78 is 0. The zero-order valence-electron chi connectivity index (χ0n) is 10.3. The summed E-state index contributed by atoms with van der Waals surface area (Å²) in [5.41, 5.74) is 6.64. The Hall–Kier alpha value is -2.04. The zero-order valence-corrected chi connectivity index (χ0v) is 10.3. The fourth-order valence-corrected chi connectivity index (χ4v) is 1.52. The summed E-state index contributed by atoms with van der Waals surface area (Å²) in [7, 11) is 0. The summed E-state index contributed by atoms with van der Waals surface area (Å²) in [6.45, 7) is 2.12. The third-order valence-electron chi connectivity index (χ3n) is 2.67. The van der Waals surface area contributed by atoms with E-state index in [2.05, 4.69) is 5.32 Å². The van der Waals surface area contributed by atoms with E-state index in [1.165, 1.54) is 0 Å². The highest BCUT2D eigenvalue weighted by atomic mass is 16.4. The Morgan fingerprint density at radius 2 is 2.17 bits per heavy atom. The van der Waals surface area contributed by atoms with Gasteiger partial charge in [-0.2, -0.15) is 0 Å². The maximum absolute atomic E-state index is 11.7. The smallest absolute Gasteiger partial charge is 0.306 e. The molecule has 0 heterocycles. The molecule has 0 fully saturated rings. The standard InChI is InChI=1S/C13H18N2O3/c1-9(13(17)18)4-3-7-15-12(16)10-5-2-6-11(14)8-10/h2,5-6,8-9H,3-4,7,14H2,1H3,(H,15,16)(H,17,18). The lowest BCUT2D eigenvalue weighted by molar-refractivity contribution is -0.141. The number of nitrogen functional groups attached to an aromatic ring is 1. The van der Waals surface area contributed by atoms with Crippen molar-refractivity contribution in [3.8, 4) is 0 Å². The molecule has 5 heteroatoms. The molecule has 0 aliphatic rings. The molecular formula is C13H18N2O3. The molecule has 0 aromatic heterocycles. The maximum Gasteiger partial charge on any atom is 0.306 e. The lowest BCUT2D eigenvalue weighted by Gasteiger charge is -2.07. The summed E-state index contributed by atoms with van der Waals surface area (Å²) in [4.78, 5) is 22.3. The SMILES string of the molecule is CC(CCCNC(=O)c1cccc(N)c1)C(=O)O. The first-order valence-corrected chi connectivity index (χ1v) is 5.87. The molecule has 1 aromatic carbocycles. The maximum atomic E-state index is 11.7. The van der Waals surface area contributed by atoms with E-state index in [1.54, 1.807) is 31.2 Å². The summed E-state index contributed by atoms with van der Waals surface area (Å²) in [5.74, 6) is -1.38. The Morgan fingerprint density at radius 3 is 2.78 bits per heavy atom. The number of hydrogen-bond acceptors (Lipinski definition) is 3. The molecule has 5 nitrogen and oxygen atoms in total. The van der Waals surface area contributed by atoms with Crippen LogP contribution in [0.1, 0.15) is 30.1 Å². The highest BCUT2D eigenvalue weighted by Gasteiger charge is 2.10. The Morgan fingerprint density at radius 1 is 1.44 bits per heavy atom. The number of carboxylic acids is 1. The van der Waals surface area contributed by atoms with Gasteiger partial charge in [0.1, 0.15) is 0 Å². The van der Waals surface area contributed by atoms with Crippen LogP contribution < -0.4 is 11.1 Å². The summed E-state index contributed by atoms with van der Waals surface area (Å²) >= 11 is 0. The van der Waals surface area contributed by atoms with E-state index in [0.717, 1.165) is 0 Å². The number of nitrogens with two attached hydrogens (primary N) is 1. The van der Waals surface area contributed by atoms with Gasteiger partial charge >= 0.3 is 5.97 Å². The number of nitrogens with one attached hydrogen (secondary N) is 1. The van der Waals surface area contributed by atoms with Crippen molar-refractivity contribution in [3.05, 3.63) is 29.8 Å². The highest BCUT2D eigenvalue weighted by Crippen LogP contribution is 2.07. The van der Waals surface area contributed by atoms with Crippen molar-refractivity contribution in [2.75, 3.05) is 12.3 Å². The molecule has 0 spiro atoms. The number of carbonyl (C=O) groups excluding carboxylic acids is 1. The molecule has 0 bridgehead atoms. The first-order valence-electron chi connectivity index (χ1n) is 5.87. The zero-order chi connectivity index (χ0) is 13.5. The van der Waals surface area contributed by atoms with E-state index >= 15 is 0 Å². The lowest BCUT2D eigenvalue weighted by atomic mass is 10.1. The van der Waals surface area contributed by atoms with Gasteiger partial charge in [0.15, 0.2) is 0 Å². The van der Waals surface area contributed by atoms with Crippen LogP contribution in [0.4, 0.5) is 5.69 Å². The number of amides is 1. The van der Waals surface area contributed by atoms with Crippen molar-refractivity contribution >= 4 is 17.6 Å². The van der Waals surface area contributed by atoms with Crippen molar-refractivity contribution in [1.82, 2.24) is 5.32 Å². The Balaban J connectivity index is 2.32. The molecule has 0 aliphatic heterocycles. The van der Waals surface area contributed by atoms with Gasteiger partial charge in [-0.25, -0.2) is 0 Å². The third-order valence-corrected chi connectivity index (χ3v) is 2.67. The fourth-order valence-electron chi connectivity index (χ4n) is 1.52. The van der Waals surface area contributed by atoms with E-state index in [0.29, 0.717) is 30.6 Å². The van der Waals surface area contributed by atoms with Gasteiger partial charge in [0.2, 0.25) is 0 Å². The summed E-state index contributed by atoms with van der Waals surface area (Å²) in [5, 5.41) is 11.4. The van der Waals surface area contributed by atoms with E-state index < -0.39 is 5.97 Å². The first kappa shape index (κ1) is 14.0. The number of rotatable bonds is 6. The highest BCUT2D eigenvalue weighted by molar-refractivity contribution is 5.94. The molecular weight excluding hydrogens is 232 g/mol. The number of hydrogen-bond donors (Lipinski definition) is 3. The van der Waals surface area contributed by atoms with Crippen molar-refractivity contribution in [1.29, 1.82) is 0 Å². The Bertz CT molecular complexity index is 432. The quantitative estimate of drug-likeness (QED) is 0.527. The molecule has 4 N–H and O–H groups in total. The number of carbonyl (C=O) groups is 2. The summed E-state index contributed by atoms with van der Waals surface area (Å²) in [6.07, 6.45) is 1.19. The van der Waals surface area contributed by atoms with Gasteiger partial charge in [0, 0.05) is 17.8 Å². The molecule has 0 saturated carbocycles. The number of aliphatic carboxylic acids is 1. The lowest BCUT2D eigenvalue weighted by Crippen LogP contribution is -2.25. The molecule has 98 valence electrons. The summed E-state index contributed by atoms with van der Waals surface area (Å²) in [6, 6.07) is 6.73. The molecule has 0 aliphatic carbocycles. The molecule has 1 atom stereocenters. The second kappa shape index (κ2) is 6.64. The van der Waals surface area contributed by atoms with Gasteiger partial charge in [-0.1, -0.05) is 13.0 Å². The molecule has 1 amide bonds. The largest absolute Gasteiger partial charge is 0.481 e. The average molecular weight is 250 g/mol. The molecule has 0 saturated heterocycles. The van der Waals surface area contributed by atoms with E-state index in [-0.39, 0.29) is 11.8 Å². The second-order valence-corrected chi connectivity index (χ2v) is 4.26. The van der Waals surface area contributed by atoms with Gasteiger partial charge < -0.3 is 16.2 Å². The van der Waals surface area contributed by atoms with Crippen LogP contribution in [0.2, 0.25) is 0 Å². The van der Waals surface area contributed by atoms with Crippen LogP contribution >= 0.6 is 0 Å². The van der Waals surface area contributed by atoms with Gasteiger partial charge in [-0.3, -0.25) is 9.59 Å². The molecule has 18 heavy (non-hydrogen) atoms. The normalized spacial score (nSPS) is 11.8. The molecule has 1 rings (SSSR count). The minimum Gasteiger partial charge on any atom is -0.481 e. The van der Waals surface area contributed by atoms with Gasteiger partial charge in [0.05, 0.1) is 5.92 Å². The van der Waals surface area contributed by atoms with E-state index in [9.17, 15) is 9.59 Å². The van der Waals surface area contributed by atoms with Crippen LogP contribution in [-0.4, -0.2) is 23.5 Å². The third kappa shape index (κ3) is 4.45. The number of benzene rings is 1. The van der Waals surface area contributed by atoms with Crippen molar-refractivity contribution in [2.45, 2.75) is 19.8 Å². The van der Waals surface area contributed by atoms with Crippen LogP contribution in [0, 0.1) is 5.92 Å². The predicted octanol–water partition coefficient (Wildman–Crippen LogP) is 1.50. The minimum atomic E-state index is -0.808. The van der Waals surface area contributed by atoms with Crippen LogP contribution in [-0.2, 0) is 4.79 Å². The fraction of sp³-hybridized carbons (Fsp3) is 0.385. The van der Waals surface area contributed by atoms with Gasteiger partial charge in [-0.15, -0.1) is 0 Å². The van der Waals surface area contributed by atoms with Crippen molar-refractivity contribution in [2.24, 2.45) is 5.92 Å². The van der Waals surface area contributed by atoms with Crippen LogP contribution in [0.15, 0.2) is 24.3 Å². The number of anilines is 1. The Labute approximate surface area is 106 Å². The van der Waals surface area contributed by atoms with E-state index in [1.807, 2.05) is 0 Å². The predicted molar refractivity (Wildman–Crippen MR) is 69.2 cm³/mol. The Kier molecular flexibility index (Phi) is 5.17. The number of carboxylic acid groups (broad SMARTS) is 1. The minimum absolute atomic E-state index is 0.190. The molecule has 1 aromatic rings. The topological polar surface area (TPSA) is 92.4 Å². The van der Waals surface area contributed by atoms with Crippen LogP contribution in [0.25, 0.3) is 0 Å². The van der Waals surface area contributed by atoms with Crippen LogP contribution in [0.3, 0.4) is 0 Å². The van der Waals surface area contributed by atoms with Crippen molar-refractivity contribution < 1.29 is 14.7 Å².